The van der Waals surface area contributed by atoms with Crippen molar-refractivity contribution in [2.75, 3.05) is 7.11 Å². The third kappa shape index (κ3) is 3.69. The second-order valence-electron chi connectivity index (χ2n) is 7.45. The van der Waals surface area contributed by atoms with Crippen LogP contribution in [-0.2, 0) is 11.8 Å². The fourth-order valence-corrected chi connectivity index (χ4v) is 4.06. The van der Waals surface area contributed by atoms with Gasteiger partial charge in [0, 0.05) is 24.3 Å². The molecule has 1 saturated carbocycles. The van der Waals surface area contributed by atoms with Gasteiger partial charge in [-0.3, -0.25) is 9.59 Å². The van der Waals surface area contributed by atoms with E-state index < -0.39 is 12.0 Å². The number of aromatic nitrogens is 1. The van der Waals surface area contributed by atoms with Gasteiger partial charge >= 0.3 is 5.97 Å². The zero-order valence-corrected chi connectivity index (χ0v) is 18.0. The number of Topliss-reactive ketones (excluding diaryl/α,β-unsaturated/α-hetero) is 1. The van der Waals surface area contributed by atoms with Crippen LogP contribution in [0.2, 0.25) is 5.02 Å². The second kappa shape index (κ2) is 8.03. The Morgan fingerprint density at radius 1 is 1.21 bits per heavy atom. The van der Waals surface area contributed by atoms with Crippen LogP contribution < -0.4 is 0 Å². The first-order valence-electron chi connectivity index (χ1n) is 9.56. The van der Waals surface area contributed by atoms with Gasteiger partial charge in [-0.25, -0.2) is 4.79 Å². The van der Waals surface area contributed by atoms with Crippen molar-refractivity contribution in [2.24, 2.45) is 7.05 Å². The van der Waals surface area contributed by atoms with Crippen molar-refractivity contribution >= 4 is 29.3 Å². The third-order valence-corrected chi connectivity index (χ3v) is 5.96. The first-order valence-corrected chi connectivity index (χ1v) is 9.94. The molecule has 1 amide bonds. The first kappa shape index (κ1) is 21.1. The Kier molecular flexibility index (Phi) is 5.85. The molecule has 1 aromatic carbocycles. The van der Waals surface area contributed by atoms with E-state index in [2.05, 4.69) is 0 Å². The summed E-state index contributed by atoms with van der Waals surface area (Å²) in [4.78, 5) is 40.5. The van der Waals surface area contributed by atoms with Crippen molar-refractivity contribution in [3.8, 4) is 0 Å². The Bertz CT molecular complexity index is 991. The zero-order valence-electron chi connectivity index (χ0n) is 17.3. The number of methoxy groups -OCH3 is 1. The minimum absolute atomic E-state index is 0.0159. The number of benzene rings is 1. The highest BCUT2D eigenvalue weighted by atomic mass is 35.5. The van der Waals surface area contributed by atoms with Crippen molar-refractivity contribution in [1.82, 2.24) is 9.47 Å². The van der Waals surface area contributed by atoms with E-state index in [1.807, 2.05) is 0 Å². The van der Waals surface area contributed by atoms with Crippen LogP contribution in [0, 0.1) is 13.8 Å². The molecule has 29 heavy (non-hydrogen) atoms. The van der Waals surface area contributed by atoms with E-state index in [-0.39, 0.29) is 17.7 Å². The van der Waals surface area contributed by atoms with E-state index in [9.17, 15) is 14.4 Å². The fourth-order valence-electron chi connectivity index (χ4n) is 3.85. The van der Waals surface area contributed by atoms with Gasteiger partial charge in [0.2, 0.25) is 0 Å². The lowest BCUT2D eigenvalue weighted by atomic mass is 9.99. The van der Waals surface area contributed by atoms with Crippen LogP contribution in [0.4, 0.5) is 0 Å². The molecule has 7 heteroatoms. The van der Waals surface area contributed by atoms with Crippen LogP contribution >= 0.6 is 11.6 Å². The number of esters is 1. The normalized spacial score (nSPS) is 14.4. The highest BCUT2D eigenvalue weighted by Crippen LogP contribution is 2.33. The molecule has 2 aromatic rings. The van der Waals surface area contributed by atoms with Gasteiger partial charge in [-0.1, -0.05) is 23.7 Å². The predicted molar refractivity (Wildman–Crippen MR) is 111 cm³/mol. The van der Waals surface area contributed by atoms with Crippen LogP contribution in [-0.4, -0.2) is 46.3 Å². The molecule has 1 aliphatic carbocycles. The van der Waals surface area contributed by atoms with Crippen molar-refractivity contribution in [2.45, 2.75) is 45.7 Å². The van der Waals surface area contributed by atoms with Crippen molar-refractivity contribution in [3.05, 3.63) is 57.4 Å². The monoisotopic (exact) mass is 416 g/mol. The average molecular weight is 417 g/mol. The quantitative estimate of drug-likeness (QED) is 0.528. The molecule has 0 unspecified atom stereocenters. The van der Waals surface area contributed by atoms with Crippen LogP contribution in [0.3, 0.4) is 0 Å². The molecular weight excluding hydrogens is 392 g/mol. The van der Waals surface area contributed by atoms with Crippen LogP contribution in [0.5, 0.6) is 0 Å². The average Bonchev–Trinajstić information content (AvgIpc) is 3.49. The number of carbonyl (C=O) groups is 3. The highest BCUT2D eigenvalue weighted by Gasteiger charge is 2.40. The second-order valence-corrected chi connectivity index (χ2v) is 7.86. The number of hydrogen-bond donors (Lipinski definition) is 0. The maximum absolute atomic E-state index is 13.5. The Hall–Kier alpha value is -2.60. The van der Waals surface area contributed by atoms with E-state index in [4.69, 9.17) is 16.3 Å². The number of nitrogens with zero attached hydrogens (tertiary/aromatic N) is 2. The molecule has 0 aliphatic heterocycles. The summed E-state index contributed by atoms with van der Waals surface area (Å²) in [6.07, 6.45) is 1.71. The van der Waals surface area contributed by atoms with E-state index in [0.717, 1.165) is 12.8 Å². The highest BCUT2D eigenvalue weighted by molar-refractivity contribution is 6.33. The first-order chi connectivity index (χ1) is 13.7. The van der Waals surface area contributed by atoms with E-state index >= 15 is 0 Å². The summed E-state index contributed by atoms with van der Waals surface area (Å²) in [5.41, 5.74) is 2.42. The maximum Gasteiger partial charge on any atom is 0.354 e. The molecule has 0 spiro atoms. The van der Waals surface area contributed by atoms with Crippen molar-refractivity contribution < 1.29 is 19.1 Å². The van der Waals surface area contributed by atoms with Crippen LogP contribution in [0.1, 0.15) is 62.2 Å². The molecule has 3 rings (SSSR count). The Labute approximate surface area is 175 Å². The molecule has 1 aliphatic rings. The summed E-state index contributed by atoms with van der Waals surface area (Å²) >= 11 is 6.23. The summed E-state index contributed by atoms with van der Waals surface area (Å²) in [6, 6.07) is 6.19. The lowest BCUT2D eigenvalue weighted by Crippen LogP contribution is -2.45. The summed E-state index contributed by atoms with van der Waals surface area (Å²) < 4.78 is 6.53. The number of carbonyl (C=O) groups excluding carboxylic acids is 3. The standard InChI is InChI=1S/C22H25ClN2O4/c1-12-18(13(2)24(4)19(12)22(28)29-5)20(26)14(3)25(15-10-11-15)21(27)16-8-6-7-9-17(16)23/h6-9,14-15H,10-11H2,1-5H3/t14-/m1/s1. The SMILES string of the molecule is COC(=O)c1c(C)c(C(=O)[C@@H](C)N(C(=O)c2ccccc2Cl)C2CC2)c(C)n1C. The summed E-state index contributed by atoms with van der Waals surface area (Å²) in [5.74, 6) is -0.942. The number of halogens is 1. The molecule has 154 valence electrons. The molecule has 1 aromatic heterocycles. The molecule has 0 bridgehead atoms. The van der Waals surface area contributed by atoms with Gasteiger partial charge in [0.1, 0.15) is 5.69 Å². The van der Waals surface area contributed by atoms with Gasteiger partial charge in [0.05, 0.1) is 23.7 Å². The Balaban J connectivity index is 1.99. The molecule has 1 atom stereocenters. The molecule has 0 saturated heterocycles. The van der Waals surface area contributed by atoms with Gasteiger partial charge in [-0.05, 0) is 51.3 Å². The molecule has 6 nitrogen and oxygen atoms in total. The Morgan fingerprint density at radius 3 is 2.38 bits per heavy atom. The number of rotatable bonds is 6. The lowest BCUT2D eigenvalue weighted by molar-refractivity contribution is 0.0587. The molecular formula is C22H25ClN2O4. The van der Waals surface area contributed by atoms with E-state index in [1.165, 1.54) is 7.11 Å². The zero-order chi connectivity index (χ0) is 21.5. The van der Waals surface area contributed by atoms with Gasteiger partial charge < -0.3 is 14.2 Å². The fraction of sp³-hybridized carbons (Fsp3) is 0.409. The largest absolute Gasteiger partial charge is 0.464 e. The minimum Gasteiger partial charge on any atom is -0.464 e. The number of ketones is 1. The van der Waals surface area contributed by atoms with E-state index in [0.29, 0.717) is 33.1 Å². The summed E-state index contributed by atoms with van der Waals surface area (Å²) in [5, 5.41) is 0.364. The smallest absolute Gasteiger partial charge is 0.354 e. The summed E-state index contributed by atoms with van der Waals surface area (Å²) in [7, 11) is 3.04. The number of ether oxygens (including phenoxy) is 1. The molecule has 1 fully saturated rings. The van der Waals surface area contributed by atoms with Gasteiger partial charge in [-0.15, -0.1) is 0 Å². The predicted octanol–water partition coefficient (Wildman–Crippen LogP) is 3.96. The van der Waals surface area contributed by atoms with Crippen LogP contribution in [0.15, 0.2) is 24.3 Å². The third-order valence-electron chi connectivity index (χ3n) is 5.63. The van der Waals surface area contributed by atoms with Crippen LogP contribution in [0.25, 0.3) is 0 Å². The molecule has 0 N–H and O–H groups in total. The van der Waals surface area contributed by atoms with E-state index in [1.54, 1.807) is 61.6 Å². The van der Waals surface area contributed by atoms with Crippen molar-refractivity contribution in [3.63, 3.8) is 0 Å². The molecule has 1 heterocycles. The summed E-state index contributed by atoms with van der Waals surface area (Å²) in [6.45, 7) is 5.26. The van der Waals surface area contributed by atoms with Gasteiger partial charge in [0.25, 0.3) is 5.91 Å². The number of hydrogen-bond acceptors (Lipinski definition) is 4. The number of amides is 1. The van der Waals surface area contributed by atoms with Gasteiger partial charge in [-0.2, -0.15) is 0 Å². The minimum atomic E-state index is -0.684. The topological polar surface area (TPSA) is 68.6 Å². The Morgan fingerprint density at radius 2 is 1.83 bits per heavy atom. The molecule has 0 radical (unpaired) electrons. The maximum atomic E-state index is 13.5. The lowest BCUT2D eigenvalue weighted by Gasteiger charge is -2.29. The van der Waals surface area contributed by atoms with Gasteiger partial charge in [0.15, 0.2) is 5.78 Å². The van der Waals surface area contributed by atoms with Crippen molar-refractivity contribution in [1.29, 1.82) is 0 Å².